The molecular weight excluding hydrogens is 238 g/mol. The molecule has 0 saturated carbocycles. The number of Topliss-reactive ketones (excluding diaryl/α,β-unsaturated/α-hetero) is 1. The molecule has 0 aromatic heterocycles. The van der Waals surface area contributed by atoms with Crippen molar-refractivity contribution in [2.45, 2.75) is 38.2 Å². The number of para-hydroxylation sites is 1. The molecule has 1 fully saturated rings. The molecule has 1 atom stereocenters. The molecule has 2 aliphatic rings. The molecule has 3 nitrogen and oxygen atoms in total. The van der Waals surface area contributed by atoms with Crippen LogP contribution in [0.4, 0.5) is 5.69 Å². The standard InChI is InChI=1S/C16H21NO2/c18-16-8-3-10-17(11-9-13-5-4-12-19-13)15-7-2-1-6-14(15)16/h1-2,6-7,13H,3-5,8-12H2. The largest absolute Gasteiger partial charge is 0.378 e. The van der Waals surface area contributed by atoms with Gasteiger partial charge >= 0.3 is 0 Å². The minimum atomic E-state index is 0.287. The van der Waals surface area contributed by atoms with Crippen molar-refractivity contribution in [3.8, 4) is 0 Å². The molecule has 1 unspecified atom stereocenters. The van der Waals surface area contributed by atoms with Gasteiger partial charge in [-0.25, -0.2) is 0 Å². The lowest BCUT2D eigenvalue weighted by Gasteiger charge is -2.25. The van der Waals surface area contributed by atoms with E-state index in [2.05, 4.69) is 11.0 Å². The van der Waals surface area contributed by atoms with Crippen LogP contribution in [0.5, 0.6) is 0 Å². The third-order valence-electron chi connectivity index (χ3n) is 4.12. The summed E-state index contributed by atoms with van der Waals surface area (Å²) in [5.41, 5.74) is 2.01. The van der Waals surface area contributed by atoms with E-state index in [9.17, 15) is 4.79 Å². The van der Waals surface area contributed by atoms with Crippen LogP contribution in [0, 0.1) is 0 Å². The lowest BCUT2D eigenvalue weighted by molar-refractivity contribution is 0.0983. The first kappa shape index (κ1) is 12.7. The van der Waals surface area contributed by atoms with Gasteiger partial charge in [-0.2, -0.15) is 0 Å². The molecule has 0 amide bonds. The Balaban J connectivity index is 1.73. The molecule has 0 N–H and O–H groups in total. The normalized spacial score (nSPS) is 23.3. The molecule has 19 heavy (non-hydrogen) atoms. The summed E-state index contributed by atoms with van der Waals surface area (Å²) in [6.07, 6.45) is 5.51. The van der Waals surface area contributed by atoms with E-state index in [1.165, 1.54) is 12.8 Å². The summed E-state index contributed by atoms with van der Waals surface area (Å²) in [5, 5.41) is 0. The summed E-state index contributed by atoms with van der Waals surface area (Å²) in [6.45, 7) is 2.89. The smallest absolute Gasteiger partial charge is 0.165 e. The van der Waals surface area contributed by atoms with E-state index in [0.717, 1.165) is 43.8 Å². The van der Waals surface area contributed by atoms with Crippen LogP contribution in [0.2, 0.25) is 0 Å². The first-order valence-electron chi connectivity index (χ1n) is 7.33. The summed E-state index contributed by atoms with van der Waals surface area (Å²) in [4.78, 5) is 14.4. The van der Waals surface area contributed by atoms with E-state index in [0.29, 0.717) is 12.5 Å². The van der Waals surface area contributed by atoms with Crippen LogP contribution in [0.3, 0.4) is 0 Å². The van der Waals surface area contributed by atoms with Crippen molar-refractivity contribution >= 4 is 11.5 Å². The highest BCUT2D eigenvalue weighted by atomic mass is 16.5. The number of rotatable bonds is 3. The molecule has 3 rings (SSSR count). The Morgan fingerprint density at radius 3 is 3.00 bits per heavy atom. The SMILES string of the molecule is O=C1CCCN(CCC2CCCO2)c2ccccc21. The van der Waals surface area contributed by atoms with Crippen LogP contribution in [0.25, 0.3) is 0 Å². The average molecular weight is 259 g/mol. The van der Waals surface area contributed by atoms with Crippen molar-refractivity contribution in [3.63, 3.8) is 0 Å². The Kier molecular flexibility index (Phi) is 3.83. The molecule has 3 heteroatoms. The molecule has 0 aliphatic carbocycles. The Bertz CT molecular complexity index is 452. The third-order valence-corrected chi connectivity index (χ3v) is 4.12. The highest BCUT2D eigenvalue weighted by molar-refractivity contribution is 6.01. The number of nitrogens with zero attached hydrogens (tertiary/aromatic N) is 1. The van der Waals surface area contributed by atoms with Gasteiger partial charge in [0, 0.05) is 37.4 Å². The number of carbonyl (C=O) groups is 1. The summed E-state index contributed by atoms with van der Waals surface area (Å²) in [6, 6.07) is 8.02. The first-order chi connectivity index (χ1) is 9.34. The summed E-state index contributed by atoms with van der Waals surface area (Å²) in [7, 11) is 0. The van der Waals surface area contributed by atoms with Gasteiger partial charge in [-0.05, 0) is 37.8 Å². The zero-order valence-corrected chi connectivity index (χ0v) is 11.3. The molecule has 2 heterocycles. The molecule has 2 aliphatic heterocycles. The van der Waals surface area contributed by atoms with Gasteiger partial charge in [0.15, 0.2) is 5.78 Å². The maximum absolute atomic E-state index is 12.1. The number of anilines is 1. The molecule has 1 aromatic rings. The van der Waals surface area contributed by atoms with Gasteiger partial charge in [-0.3, -0.25) is 4.79 Å². The number of hydrogen-bond acceptors (Lipinski definition) is 3. The molecule has 0 spiro atoms. The monoisotopic (exact) mass is 259 g/mol. The third kappa shape index (κ3) is 2.81. The fourth-order valence-electron chi connectivity index (χ4n) is 3.07. The van der Waals surface area contributed by atoms with Gasteiger partial charge in [0.2, 0.25) is 0 Å². The van der Waals surface area contributed by atoms with E-state index in [1.54, 1.807) is 0 Å². The molecule has 1 aromatic carbocycles. The van der Waals surface area contributed by atoms with Crippen LogP contribution < -0.4 is 4.90 Å². The quantitative estimate of drug-likeness (QED) is 0.835. The fraction of sp³-hybridized carbons (Fsp3) is 0.562. The van der Waals surface area contributed by atoms with Crippen LogP contribution in [-0.2, 0) is 4.74 Å². The zero-order chi connectivity index (χ0) is 13.1. The van der Waals surface area contributed by atoms with Crippen molar-refractivity contribution in [3.05, 3.63) is 29.8 Å². The second-order valence-corrected chi connectivity index (χ2v) is 5.45. The number of benzene rings is 1. The van der Waals surface area contributed by atoms with Crippen LogP contribution >= 0.6 is 0 Å². The summed E-state index contributed by atoms with van der Waals surface area (Å²) in [5.74, 6) is 0.287. The van der Waals surface area contributed by atoms with Gasteiger partial charge in [0.25, 0.3) is 0 Å². The topological polar surface area (TPSA) is 29.5 Å². The van der Waals surface area contributed by atoms with Gasteiger partial charge in [-0.15, -0.1) is 0 Å². The highest BCUT2D eigenvalue weighted by Crippen LogP contribution is 2.27. The van der Waals surface area contributed by atoms with Crippen LogP contribution in [0.15, 0.2) is 24.3 Å². The maximum atomic E-state index is 12.1. The molecule has 0 bridgehead atoms. The number of hydrogen-bond donors (Lipinski definition) is 0. The van der Waals surface area contributed by atoms with Gasteiger partial charge < -0.3 is 9.64 Å². The zero-order valence-electron chi connectivity index (χ0n) is 11.3. The summed E-state index contributed by atoms with van der Waals surface area (Å²) < 4.78 is 5.69. The number of fused-ring (bicyclic) bond motifs is 1. The maximum Gasteiger partial charge on any atom is 0.165 e. The molecular formula is C16H21NO2. The van der Waals surface area contributed by atoms with Gasteiger partial charge in [0.05, 0.1) is 6.10 Å². The second kappa shape index (κ2) is 5.74. The number of carbonyl (C=O) groups excluding carboxylic acids is 1. The van der Waals surface area contributed by atoms with E-state index in [-0.39, 0.29) is 5.78 Å². The first-order valence-corrected chi connectivity index (χ1v) is 7.33. The van der Waals surface area contributed by atoms with Crippen molar-refractivity contribution in [1.29, 1.82) is 0 Å². The van der Waals surface area contributed by atoms with E-state index in [1.807, 2.05) is 18.2 Å². The van der Waals surface area contributed by atoms with Gasteiger partial charge in [-0.1, -0.05) is 12.1 Å². The van der Waals surface area contributed by atoms with Gasteiger partial charge in [0.1, 0.15) is 0 Å². The van der Waals surface area contributed by atoms with Crippen molar-refractivity contribution in [1.82, 2.24) is 0 Å². The van der Waals surface area contributed by atoms with Crippen LogP contribution in [-0.4, -0.2) is 31.6 Å². The molecule has 1 saturated heterocycles. The second-order valence-electron chi connectivity index (χ2n) is 5.45. The predicted octanol–water partition coefficient (Wildman–Crippen LogP) is 3.04. The fourth-order valence-corrected chi connectivity index (χ4v) is 3.07. The number of ether oxygens (including phenoxy) is 1. The lowest BCUT2D eigenvalue weighted by atomic mass is 10.1. The average Bonchev–Trinajstić information content (AvgIpc) is 2.90. The number of ketones is 1. The van der Waals surface area contributed by atoms with Crippen molar-refractivity contribution < 1.29 is 9.53 Å². The highest BCUT2D eigenvalue weighted by Gasteiger charge is 2.22. The summed E-state index contributed by atoms with van der Waals surface area (Å²) >= 11 is 0. The van der Waals surface area contributed by atoms with E-state index in [4.69, 9.17) is 4.74 Å². The minimum absolute atomic E-state index is 0.287. The molecule has 102 valence electrons. The Labute approximate surface area is 114 Å². The van der Waals surface area contributed by atoms with Crippen molar-refractivity contribution in [2.75, 3.05) is 24.6 Å². The predicted molar refractivity (Wildman–Crippen MR) is 75.8 cm³/mol. The Morgan fingerprint density at radius 2 is 2.16 bits per heavy atom. The molecule has 0 radical (unpaired) electrons. The Hall–Kier alpha value is -1.35. The minimum Gasteiger partial charge on any atom is -0.378 e. The Morgan fingerprint density at radius 1 is 1.26 bits per heavy atom. The lowest BCUT2D eigenvalue weighted by Crippen LogP contribution is -2.28. The van der Waals surface area contributed by atoms with Crippen LogP contribution in [0.1, 0.15) is 42.5 Å². The van der Waals surface area contributed by atoms with Crippen molar-refractivity contribution in [2.24, 2.45) is 0 Å². The van der Waals surface area contributed by atoms with E-state index >= 15 is 0 Å². The van der Waals surface area contributed by atoms with E-state index < -0.39 is 0 Å².